The number of hydrogen-bond acceptors (Lipinski definition) is 5. The quantitative estimate of drug-likeness (QED) is 0.631. The summed E-state index contributed by atoms with van der Waals surface area (Å²) in [6.45, 7) is 1.25. The summed E-state index contributed by atoms with van der Waals surface area (Å²) >= 11 is 6.23. The molecule has 10 heteroatoms. The van der Waals surface area contributed by atoms with Gasteiger partial charge < -0.3 is 21.1 Å². The fourth-order valence-corrected chi connectivity index (χ4v) is 3.19. The van der Waals surface area contributed by atoms with Crippen LogP contribution in [0.15, 0.2) is 42.7 Å². The molecule has 1 atom stereocenters. The average molecular weight is 462 g/mol. The number of nitrogens with one attached hydrogen (secondary N) is 2. The summed E-state index contributed by atoms with van der Waals surface area (Å²) in [5.41, 5.74) is 7.43. The van der Waals surface area contributed by atoms with Gasteiger partial charge in [0.15, 0.2) is 0 Å². The van der Waals surface area contributed by atoms with Crippen LogP contribution in [0.4, 0.5) is 11.4 Å². The van der Waals surface area contributed by atoms with E-state index in [0.29, 0.717) is 30.2 Å². The number of nitrogens with two attached hydrogens (primary N) is 1. The largest absolute Gasteiger partial charge is 0.381 e. The third-order valence-corrected chi connectivity index (χ3v) is 4.79. The van der Waals surface area contributed by atoms with E-state index in [1.165, 1.54) is 12.3 Å². The molecule has 3 rings (SSSR count). The molecule has 1 fully saturated rings. The van der Waals surface area contributed by atoms with E-state index in [-0.39, 0.29) is 47.6 Å². The van der Waals surface area contributed by atoms with Crippen LogP contribution < -0.4 is 16.4 Å². The summed E-state index contributed by atoms with van der Waals surface area (Å²) in [4.78, 5) is 28.7. The number of benzene rings is 1. The lowest BCUT2D eigenvalue weighted by atomic mass is 9.92. The lowest BCUT2D eigenvalue weighted by Gasteiger charge is -2.26. The Balaban J connectivity index is 0.00000210. The first kappa shape index (κ1) is 25.1. The molecule has 2 aromatic rings. The summed E-state index contributed by atoms with van der Waals surface area (Å²) < 4.78 is 5.30. The molecule has 1 aromatic carbocycles. The molecule has 2 heterocycles. The topological polar surface area (TPSA) is 106 Å². The van der Waals surface area contributed by atoms with Crippen molar-refractivity contribution in [3.63, 3.8) is 0 Å². The highest BCUT2D eigenvalue weighted by Gasteiger charge is 2.26. The number of rotatable bonds is 5. The van der Waals surface area contributed by atoms with Gasteiger partial charge >= 0.3 is 0 Å². The molecule has 1 aliphatic heterocycles. The van der Waals surface area contributed by atoms with Gasteiger partial charge in [-0.2, -0.15) is 0 Å². The first-order valence-corrected chi connectivity index (χ1v) is 9.07. The number of ether oxygens (including phenoxy) is 1. The number of aromatic nitrogens is 1. The Bertz CT molecular complexity index is 818. The number of halogens is 3. The zero-order chi connectivity index (χ0) is 19.2. The van der Waals surface area contributed by atoms with Crippen LogP contribution in [0.3, 0.4) is 0 Å². The maximum Gasteiger partial charge on any atom is 0.257 e. The van der Waals surface area contributed by atoms with Crippen LogP contribution >= 0.6 is 36.4 Å². The summed E-state index contributed by atoms with van der Waals surface area (Å²) in [6.07, 6.45) is 4.69. The Morgan fingerprint density at radius 3 is 2.48 bits per heavy atom. The van der Waals surface area contributed by atoms with Crippen molar-refractivity contribution in [2.24, 2.45) is 11.7 Å². The lowest BCUT2D eigenvalue weighted by molar-refractivity contribution is -0.119. The van der Waals surface area contributed by atoms with E-state index >= 15 is 0 Å². The van der Waals surface area contributed by atoms with Crippen molar-refractivity contribution in [2.45, 2.75) is 18.9 Å². The van der Waals surface area contributed by atoms with Gasteiger partial charge in [-0.25, -0.2) is 0 Å². The predicted molar refractivity (Wildman–Crippen MR) is 118 cm³/mol. The molecule has 0 bridgehead atoms. The molecule has 1 unspecified atom stereocenters. The molecular weight excluding hydrogens is 439 g/mol. The van der Waals surface area contributed by atoms with Gasteiger partial charge in [0.05, 0.1) is 28.5 Å². The first-order chi connectivity index (χ1) is 13.0. The van der Waals surface area contributed by atoms with E-state index in [4.69, 9.17) is 22.1 Å². The number of amides is 2. The van der Waals surface area contributed by atoms with Crippen molar-refractivity contribution in [1.82, 2.24) is 4.98 Å². The van der Waals surface area contributed by atoms with Gasteiger partial charge in [0.2, 0.25) is 5.91 Å². The highest BCUT2D eigenvalue weighted by atomic mass is 35.5. The number of carbonyl (C=O) groups is 2. The number of anilines is 2. The van der Waals surface area contributed by atoms with Gasteiger partial charge in [-0.1, -0.05) is 11.6 Å². The monoisotopic (exact) mass is 460 g/mol. The summed E-state index contributed by atoms with van der Waals surface area (Å²) in [6, 6.07) is 7.56. The molecule has 0 aliphatic carbocycles. The van der Waals surface area contributed by atoms with Crippen molar-refractivity contribution in [2.75, 3.05) is 23.8 Å². The van der Waals surface area contributed by atoms with E-state index in [1.807, 2.05) is 0 Å². The van der Waals surface area contributed by atoms with Gasteiger partial charge in [-0.3, -0.25) is 14.6 Å². The molecule has 1 aromatic heterocycles. The summed E-state index contributed by atoms with van der Waals surface area (Å²) in [5.74, 6) is -0.533. The molecule has 2 amide bonds. The second kappa shape index (κ2) is 11.9. The summed E-state index contributed by atoms with van der Waals surface area (Å²) in [7, 11) is 0. The average Bonchev–Trinajstić information content (AvgIpc) is 2.68. The van der Waals surface area contributed by atoms with Crippen LogP contribution in [0.25, 0.3) is 0 Å². The Labute approximate surface area is 186 Å². The molecule has 29 heavy (non-hydrogen) atoms. The third-order valence-electron chi connectivity index (χ3n) is 4.48. The molecule has 158 valence electrons. The minimum Gasteiger partial charge on any atom is -0.381 e. The SMILES string of the molecule is Cl.Cl.NC(C(=O)Nc1ccc(C(=O)Nc2cccnc2)c(Cl)c1)C1CCOCC1. The maximum atomic E-state index is 12.4. The van der Waals surface area contributed by atoms with E-state index in [0.717, 1.165) is 12.8 Å². The lowest BCUT2D eigenvalue weighted by Crippen LogP contribution is -2.44. The van der Waals surface area contributed by atoms with Crippen LogP contribution in [0, 0.1) is 5.92 Å². The molecule has 4 N–H and O–H groups in total. The Kier molecular flexibility index (Phi) is 10.4. The minimum absolute atomic E-state index is 0. The van der Waals surface area contributed by atoms with E-state index < -0.39 is 6.04 Å². The van der Waals surface area contributed by atoms with Crippen LogP contribution in [0.5, 0.6) is 0 Å². The molecule has 1 saturated heterocycles. The van der Waals surface area contributed by atoms with Crippen LogP contribution in [-0.4, -0.2) is 36.1 Å². The van der Waals surface area contributed by atoms with Gasteiger partial charge in [0.1, 0.15) is 0 Å². The third kappa shape index (κ3) is 6.83. The molecule has 0 radical (unpaired) electrons. The van der Waals surface area contributed by atoms with Gasteiger partial charge in [0, 0.05) is 25.1 Å². The van der Waals surface area contributed by atoms with Gasteiger partial charge in [-0.05, 0) is 49.1 Å². The summed E-state index contributed by atoms with van der Waals surface area (Å²) in [5, 5.41) is 5.71. The molecule has 0 saturated carbocycles. The zero-order valence-corrected chi connectivity index (χ0v) is 17.9. The van der Waals surface area contributed by atoms with Crippen molar-refractivity contribution >= 4 is 59.6 Å². The van der Waals surface area contributed by atoms with Crippen LogP contribution in [0.2, 0.25) is 5.02 Å². The predicted octanol–water partition coefficient (Wildman–Crippen LogP) is 3.52. The van der Waals surface area contributed by atoms with Crippen molar-refractivity contribution in [1.29, 1.82) is 0 Å². The smallest absolute Gasteiger partial charge is 0.257 e. The van der Waals surface area contributed by atoms with Crippen molar-refractivity contribution in [3.8, 4) is 0 Å². The first-order valence-electron chi connectivity index (χ1n) is 8.69. The Hall–Kier alpha value is -1.90. The standard InChI is InChI=1S/C19H21ClN4O3.2ClH/c20-16-10-13(23-19(26)17(21)12-5-8-27-9-6-12)3-4-15(16)18(25)24-14-2-1-7-22-11-14;;/h1-4,7,10-12,17H,5-6,8-9,21H2,(H,23,26)(H,24,25);2*1H. The molecule has 7 nitrogen and oxygen atoms in total. The normalized spacial score (nSPS) is 14.7. The number of carbonyl (C=O) groups excluding carboxylic acids is 2. The van der Waals surface area contributed by atoms with Crippen LogP contribution in [0.1, 0.15) is 23.2 Å². The van der Waals surface area contributed by atoms with Crippen LogP contribution in [-0.2, 0) is 9.53 Å². The molecular formula is C19H23Cl3N4O3. The second-order valence-electron chi connectivity index (χ2n) is 6.36. The number of hydrogen-bond donors (Lipinski definition) is 3. The van der Waals surface area contributed by atoms with E-state index in [9.17, 15) is 9.59 Å². The zero-order valence-electron chi connectivity index (χ0n) is 15.5. The Morgan fingerprint density at radius 2 is 1.86 bits per heavy atom. The second-order valence-corrected chi connectivity index (χ2v) is 6.76. The van der Waals surface area contributed by atoms with Gasteiger partial charge in [-0.15, -0.1) is 24.8 Å². The fraction of sp³-hybridized carbons (Fsp3) is 0.316. The Morgan fingerprint density at radius 1 is 1.14 bits per heavy atom. The van der Waals surface area contributed by atoms with Crippen molar-refractivity contribution in [3.05, 3.63) is 53.3 Å². The van der Waals surface area contributed by atoms with E-state index in [2.05, 4.69) is 15.6 Å². The molecule has 0 spiro atoms. The number of pyridine rings is 1. The van der Waals surface area contributed by atoms with E-state index in [1.54, 1.807) is 30.5 Å². The maximum absolute atomic E-state index is 12.4. The minimum atomic E-state index is -0.610. The number of nitrogens with zero attached hydrogens (tertiary/aromatic N) is 1. The highest BCUT2D eigenvalue weighted by Crippen LogP contribution is 2.23. The molecule has 1 aliphatic rings. The fourth-order valence-electron chi connectivity index (χ4n) is 2.93. The highest BCUT2D eigenvalue weighted by molar-refractivity contribution is 6.34. The van der Waals surface area contributed by atoms with Crippen molar-refractivity contribution < 1.29 is 14.3 Å². The van der Waals surface area contributed by atoms with Gasteiger partial charge in [0.25, 0.3) is 5.91 Å².